The lowest BCUT2D eigenvalue weighted by Gasteiger charge is -2.19. The minimum Gasteiger partial charge on any atom is -0.357 e. The average Bonchev–Trinajstić information content (AvgIpc) is 2.91. The number of aromatic nitrogens is 3. The van der Waals surface area contributed by atoms with Crippen LogP contribution in [-0.4, -0.2) is 41.1 Å². The molecule has 1 unspecified atom stereocenters. The maximum Gasteiger partial charge on any atom is 0.231 e. The van der Waals surface area contributed by atoms with E-state index in [1.54, 1.807) is 0 Å². The van der Waals surface area contributed by atoms with Gasteiger partial charge in [0, 0.05) is 26.2 Å². The van der Waals surface area contributed by atoms with E-state index in [0.717, 1.165) is 25.5 Å². The topological polar surface area (TPSA) is 66.0 Å². The maximum atomic E-state index is 4.56. The van der Waals surface area contributed by atoms with Crippen LogP contribution >= 0.6 is 0 Å². The number of hydrogen-bond donors (Lipinski definition) is 2. The molecule has 6 heteroatoms. The van der Waals surface area contributed by atoms with Crippen molar-refractivity contribution in [1.29, 1.82) is 0 Å². The standard InChI is InChI=1S/C14H26N6/c1-10(2)9-11(3)16-13-17-12(15-4)18-14(19-13)20-7-5-6-8-20/h10-11H,5-9H2,1-4H3,(H2,15,16,17,18,19). The summed E-state index contributed by atoms with van der Waals surface area (Å²) in [5.41, 5.74) is 0. The van der Waals surface area contributed by atoms with Crippen LogP contribution in [0.25, 0.3) is 0 Å². The summed E-state index contributed by atoms with van der Waals surface area (Å²) < 4.78 is 0. The minimum atomic E-state index is 0.355. The van der Waals surface area contributed by atoms with Crippen LogP contribution in [-0.2, 0) is 0 Å². The zero-order chi connectivity index (χ0) is 14.5. The number of rotatable bonds is 6. The van der Waals surface area contributed by atoms with Crippen molar-refractivity contribution in [3.05, 3.63) is 0 Å². The molecule has 0 aliphatic carbocycles. The normalized spacial score (nSPS) is 16.6. The molecule has 112 valence electrons. The molecule has 1 fully saturated rings. The van der Waals surface area contributed by atoms with Crippen molar-refractivity contribution in [3.8, 4) is 0 Å². The Kier molecular flexibility index (Phi) is 4.98. The Bertz CT molecular complexity index is 428. The van der Waals surface area contributed by atoms with Gasteiger partial charge >= 0.3 is 0 Å². The van der Waals surface area contributed by atoms with Gasteiger partial charge in [0.1, 0.15) is 0 Å². The van der Waals surface area contributed by atoms with E-state index in [-0.39, 0.29) is 0 Å². The van der Waals surface area contributed by atoms with Gasteiger partial charge in [0.2, 0.25) is 17.8 Å². The lowest BCUT2D eigenvalue weighted by atomic mass is 10.1. The summed E-state index contributed by atoms with van der Waals surface area (Å²) in [7, 11) is 1.84. The highest BCUT2D eigenvalue weighted by Gasteiger charge is 2.17. The van der Waals surface area contributed by atoms with Gasteiger partial charge in [-0.2, -0.15) is 15.0 Å². The van der Waals surface area contributed by atoms with Crippen LogP contribution in [0.15, 0.2) is 0 Å². The summed E-state index contributed by atoms with van der Waals surface area (Å²) in [4.78, 5) is 15.6. The highest BCUT2D eigenvalue weighted by Crippen LogP contribution is 2.19. The summed E-state index contributed by atoms with van der Waals surface area (Å²) in [5.74, 6) is 2.72. The molecule has 1 saturated heterocycles. The maximum absolute atomic E-state index is 4.56. The highest BCUT2D eigenvalue weighted by molar-refractivity contribution is 5.44. The Morgan fingerprint density at radius 2 is 1.70 bits per heavy atom. The number of nitrogens with zero attached hydrogens (tertiary/aromatic N) is 4. The second-order valence-electron chi connectivity index (χ2n) is 5.90. The first kappa shape index (κ1) is 14.8. The van der Waals surface area contributed by atoms with Gasteiger partial charge in [-0.25, -0.2) is 0 Å². The zero-order valence-corrected chi connectivity index (χ0v) is 13.0. The van der Waals surface area contributed by atoms with Crippen molar-refractivity contribution in [1.82, 2.24) is 15.0 Å². The van der Waals surface area contributed by atoms with E-state index in [1.165, 1.54) is 12.8 Å². The molecular weight excluding hydrogens is 252 g/mol. The Hall–Kier alpha value is -1.59. The molecule has 1 atom stereocenters. The molecule has 0 spiro atoms. The summed E-state index contributed by atoms with van der Waals surface area (Å²) in [6.07, 6.45) is 3.53. The first-order chi connectivity index (χ1) is 9.58. The largest absolute Gasteiger partial charge is 0.357 e. The molecule has 20 heavy (non-hydrogen) atoms. The molecule has 0 bridgehead atoms. The number of hydrogen-bond acceptors (Lipinski definition) is 6. The first-order valence-corrected chi connectivity index (χ1v) is 7.53. The molecule has 1 aromatic rings. The van der Waals surface area contributed by atoms with Crippen molar-refractivity contribution in [2.24, 2.45) is 5.92 Å². The SMILES string of the molecule is CNc1nc(NC(C)CC(C)C)nc(N2CCCC2)n1. The number of nitrogens with one attached hydrogen (secondary N) is 2. The lowest BCUT2D eigenvalue weighted by Crippen LogP contribution is -2.24. The van der Waals surface area contributed by atoms with E-state index in [2.05, 4.69) is 51.3 Å². The summed E-state index contributed by atoms with van der Waals surface area (Å²) in [6, 6.07) is 0.355. The predicted octanol–water partition coefficient (Wildman–Crippen LogP) is 2.36. The molecule has 0 radical (unpaired) electrons. The Balaban J connectivity index is 2.12. The van der Waals surface area contributed by atoms with E-state index in [4.69, 9.17) is 0 Å². The smallest absolute Gasteiger partial charge is 0.231 e. The fraction of sp³-hybridized carbons (Fsp3) is 0.786. The lowest BCUT2D eigenvalue weighted by molar-refractivity contribution is 0.537. The van der Waals surface area contributed by atoms with Gasteiger partial charge in [-0.1, -0.05) is 13.8 Å². The monoisotopic (exact) mass is 278 g/mol. The fourth-order valence-electron chi connectivity index (χ4n) is 2.59. The Labute approximate surface area is 121 Å². The molecular formula is C14H26N6. The Morgan fingerprint density at radius 3 is 2.30 bits per heavy atom. The third kappa shape index (κ3) is 3.95. The van der Waals surface area contributed by atoms with Gasteiger partial charge in [-0.3, -0.25) is 0 Å². The van der Waals surface area contributed by atoms with Crippen molar-refractivity contribution in [2.45, 2.75) is 46.1 Å². The minimum absolute atomic E-state index is 0.355. The van der Waals surface area contributed by atoms with E-state index < -0.39 is 0 Å². The van der Waals surface area contributed by atoms with Crippen LogP contribution in [0.1, 0.15) is 40.0 Å². The van der Waals surface area contributed by atoms with Gasteiger partial charge in [-0.15, -0.1) is 0 Å². The van der Waals surface area contributed by atoms with Gasteiger partial charge in [0.25, 0.3) is 0 Å². The van der Waals surface area contributed by atoms with Crippen LogP contribution in [0.5, 0.6) is 0 Å². The molecule has 0 amide bonds. The first-order valence-electron chi connectivity index (χ1n) is 7.53. The third-order valence-electron chi connectivity index (χ3n) is 3.44. The van der Waals surface area contributed by atoms with Crippen LogP contribution in [0.4, 0.5) is 17.8 Å². The van der Waals surface area contributed by atoms with Gasteiger partial charge in [-0.05, 0) is 32.1 Å². The van der Waals surface area contributed by atoms with E-state index >= 15 is 0 Å². The van der Waals surface area contributed by atoms with Crippen LogP contribution in [0, 0.1) is 5.92 Å². The van der Waals surface area contributed by atoms with Crippen LogP contribution in [0.3, 0.4) is 0 Å². The molecule has 2 heterocycles. The van der Waals surface area contributed by atoms with E-state index in [0.29, 0.717) is 23.9 Å². The molecule has 6 nitrogen and oxygen atoms in total. The van der Waals surface area contributed by atoms with Crippen molar-refractivity contribution < 1.29 is 0 Å². The summed E-state index contributed by atoms with van der Waals surface area (Å²) >= 11 is 0. The van der Waals surface area contributed by atoms with Crippen molar-refractivity contribution in [2.75, 3.05) is 35.7 Å². The Morgan fingerprint density at radius 1 is 1.05 bits per heavy atom. The molecule has 1 aromatic heterocycles. The van der Waals surface area contributed by atoms with Gasteiger partial charge in [0.15, 0.2) is 0 Å². The van der Waals surface area contributed by atoms with Crippen molar-refractivity contribution in [3.63, 3.8) is 0 Å². The van der Waals surface area contributed by atoms with E-state index in [1.807, 2.05) is 7.05 Å². The number of anilines is 3. The van der Waals surface area contributed by atoms with E-state index in [9.17, 15) is 0 Å². The van der Waals surface area contributed by atoms with Gasteiger partial charge in [0.05, 0.1) is 0 Å². The molecule has 1 aliphatic heterocycles. The van der Waals surface area contributed by atoms with Gasteiger partial charge < -0.3 is 15.5 Å². The molecule has 0 aromatic carbocycles. The second-order valence-corrected chi connectivity index (χ2v) is 5.90. The predicted molar refractivity (Wildman–Crippen MR) is 83.4 cm³/mol. The quantitative estimate of drug-likeness (QED) is 0.832. The average molecular weight is 278 g/mol. The molecule has 1 aliphatic rings. The second kappa shape index (κ2) is 6.72. The molecule has 2 rings (SSSR count). The fourth-order valence-corrected chi connectivity index (χ4v) is 2.59. The third-order valence-corrected chi connectivity index (χ3v) is 3.44. The van der Waals surface area contributed by atoms with Crippen LogP contribution in [0.2, 0.25) is 0 Å². The van der Waals surface area contributed by atoms with Crippen molar-refractivity contribution >= 4 is 17.8 Å². The molecule has 2 N–H and O–H groups in total. The highest BCUT2D eigenvalue weighted by atomic mass is 15.3. The summed E-state index contributed by atoms with van der Waals surface area (Å²) in [5, 5.41) is 6.40. The summed E-state index contributed by atoms with van der Waals surface area (Å²) in [6.45, 7) is 8.68. The zero-order valence-electron chi connectivity index (χ0n) is 13.0. The van der Waals surface area contributed by atoms with Crippen LogP contribution < -0.4 is 15.5 Å². The molecule has 0 saturated carbocycles.